The third kappa shape index (κ3) is 8.59. The molecule has 0 bridgehead atoms. The normalized spacial score (nSPS) is 14.7. The molecule has 0 unspecified atom stereocenters. The Morgan fingerprint density at radius 1 is 0.704 bits per heavy atom. The number of benzene rings is 2. The van der Waals surface area contributed by atoms with Crippen molar-refractivity contribution in [2.75, 3.05) is 26.3 Å². The fourth-order valence-corrected chi connectivity index (χ4v) is 2.44. The minimum absolute atomic E-state index is 0.612. The van der Waals surface area contributed by atoms with Gasteiger partial charge in [-0.25, -0.2) is 0 Å². The number of rotatable bonds is 0. The van der Waals surface area contributed by atoms with E-state index in [0.29, 0.717) is 13.2 Å². The number of ether oxygens (including phenoxy) is 2. The molecule has 1 aliphatic rings. The van der Waals surface area contributed by atoms with Crippen LogP contribution in [0, 0.1) is 0 Å². The summed E-state index contributed by atoms with van der Waals surface area (Å²) >= 11 is 6.00. The van der Waals surface area contributed by atoms with E-state index in [-0.39, 0.29) is 0 Å². The Balaban J connectivity index is 0.000000817. The van der Waals surface area contributed by atoms with Crippen molar-refractivity contribution in [1.29, 1.82) is 0 Å². The third-order valence-corrected chi connectivity index (χ3v) is 3.68. The molecule has 0 saturated carbocycles. The molecule has 148 valence electrons. The quantitative estimate of drug-likeness (QED) is 0.416. The first kappa shape index (κ1) is 22.1. The Bertz CT molecular complexity index is 682. The topological polar surface area (TPSA) is 43.2 Å². The number of nitrogens with zero attached hydrogens (tertiary/aromatic N) is 2. The zero-order chi connectivity index (χ0) is 19.2. The molecule has 27 heavy (non-hydrogen) atoms. The second kappa shape index (κ2) is 13.9. The number of halogens is 2. The molecule has 2 aromatic rings. The molecule has 0 amide bonds. The molecule has 2 aromatic carbocycles. The van der Waals surface area contributed by atoms with Gasteiger partial charge >= 0.3 is 39.3 Å². The number of hydrogen-bond acceptors (Lipinski definition) is 4. The SMILES string of the molecule is C1=NCCCN=Cc2ccccc2OCCCOc2ccccc21.[Br][Ni][Br]. The molecule has 1 aliphatic heterocycles. The zero-order valence-corrected chi connectivity index (χ0v) is 19.0. The van der Waals surface area contributed by atoms with E-state index >= 15 is 0 Å². The van der Waals surface area contributed by atoms with Crippen LogP contribution in [-0.4, -0.2) is 38.7 Å². The maximum atomic E-state index is 5.88. The van der Waals surface area contributed by atoms with Crippen LogP contribution in [-0.2, 0) is 10.9 Å². The molecular formula is C20H22Br2N2NiO2. The van der Waals surface area contributed by atoms with Gasteiger partial charge in [-0.3, -0.25) is 9.98 Å². The van der Waals surface area contributed by atoms with E-state index in [1.165, 1.54) is 10.9 Å². The number of para-hydroxylation sites is 2. The summed E-state index contributed by atoms with van der Waals surface area (Å²) in [6.07, 6.45) is 5.50. The van der Waals surface area contributed by atoms with Gasteiger partial charge in [-0.1, -0.05) is 24.3 Å². The van der Waals surface area contributed by atoms with Gasteiger partial charge in [-0.15, -0.1) is 0 Å². The van der Waals surface area contributed by atoms with Crippen LogP contribution in [0.5, 0.6) is 11.5 Å². The van der Waals surface area contributed by atoms with Crippen LogP contribution < -0.4 is 9.47 Å². The van der Waals surface area contributed by atoms with Gasteiger partial charge in [0.1, 0.15) is 11.5 Å². The van der Waals surface area contributed by atoms with Gasteiger partial charge in [0.15, 0.2) is 0 Å². The van der Waals surface area contributed by atoms with Gasteiger partial charge in [0, 0.05) is 43.1 Å². The standard InChI is InChI=1S/C20H22N2O2.2BrH.Ni/c1-3-9-19-17(7-1)15-21-11-5-12-22-16-18-8-2-4-10-20(18)24-14-6-13-23-19;;;/h1-4,7-10,15-16H,5-6,11-14H2;2*1H;/q;;;+2/p-2. The predicted molar refractivity (Wildman–Crippen MR) is 116 cm³/mol. The molecule has 0 N–H and O–H groups in total. The Labute approximate surface area is 180 Å². The Morgan fingerprint density at radius 2 is 1.15 bits per heavy atom. The summed E-state index contributed by atoms with van der Waals surface area (Å²) in [6.45, 7) is 2.73. The van der Waals surface area contributed by atoms with Gasteiger partial charge in [0.2, 0.25) is 0 Å². The summed E-state index contributed by atoms with van der Waals surface area (Å²) in [5.41, 5.74) is 2.03. The summed E-state index contributed by atoms with van der Waals surface area (Å²) in [7, 11) is 1.25. The average molecular weight is 541 g/mol. The molecular weight excluding hydrogens is 519 g/mol. The van der Waals surface area contributed by atoms with Gasteiger partial charge < -0.3 is 9.47 Å². The minimum atomic E-state index is 0.612. The predicted octanol–water partition coefficient (Wildman–Crippen LogP) is 5.46. The molecule has 7 heteroatoms. The van der Waals surface area contributed by atoms with E-state index in [0.717, 1.165) is 48.6 Å². The Kier molecular flexibility index (Phi) is 11.4. The van der Waals surface area contributed by atoms with E-state index in [4.69, 9.17) is 9.47 Å². The molecule has 0 aromatic heterocycles. The first-order valence-corrected chi connectivity index (χ1v) is 13.5. The van der Waals surface area contributed by atoms with E-state index in [2.05, 4.69) is 38.4 Å². The van der Waals surface area contributed by atoms with Crippen molar-refractivity contribution < 1.29 is 20.4 Å². The molecule has 0 saturated heterocycles. The Morgan fingerprint density at radius 3 is 1.63 bits per heavy atom. The van der Waals surface area contributed by atoms with Crippen LogP contribution in [0.3, 0.4) is 0 Å². The maximum absolute atomic E-state index is 5.88. The van der Waals surface area contributed by atoms with E-state index in [1.54, 1.807) is 0 Å². The van der Waals surface area contributed by atoms with Crippen molar-refractivity contribution in [3.63, 3.8) is 0 Å². The first-order valence-electron chi connectivity index (χ1n) is 8.61. The summed E-state index contributed by atoms with van der Waals surface area (Å²) < 4.78 is 11.8. The van der Waals surface area contributed by atoms with Gasteiger partial charge in [0.25, 0.3) is 0 Å². The van der Waals surface area contributed by atoms with Crippen molar-refractivity contribution in [3.05, 3.63) is 59.7 Å². The monoisotopic (exact) mass is 538 g/mol. The fourth-order valence-electron chi connectivity index (χ4n) is 2.44. The van der Waals surface area contributed by atoms with Crippen LogP contribution in [0.4, 0.5) is 0 Å². The Hall–Kier alpha value is -1.17. The molecule has 0 atom stereocenters. The zero-order valence-electron chi connectivity index (χ0n) is 14.8. The number of fused-ring (bicyclic) bond motifs is 2. The first-order chi connectivity index (χ1) is 13.3. The molecule has 0 aliphatic carbocycles. The second-order valence-electron chi connectivity index (χ2n) is 5.60. The summed E-state index contributed by atoms with van der Waals surface area (Å²) in [5, 5.41) is 0. The number of hydrogen-bond donors (Lipinski definition) is 0. The average Bonchev–Trinajstić information content (AvgIpc) is 2.69. The molecule has 3 rings (SSSR count). The van der Waals surface area contributed by atoms with Crippen LogP contribution in [0.25, 0.3) is 0 Å². The summed E-state index contributed by atoms with van der Waals surface area (Å²) in [6, 6.07) is 15.9. The molecule has 0 fully saturated rings. The summed E-state index contributed by atoms with van der Waals surface area (Å²) in [4.78, 5) is 8.97. The van der Waals surface area contributed by atoms with Crippen LogP contribution in [0.1, 0.15) is 24.0 Å². The third-order valence-electron chi connectivity index (χ3n) is 3.68. The van der Waals surface area contributed by atoms with Crippen LogP contribution in [0.2, 0.25) is 0 Å². The van der Waals surface area contributed by atoms with E-state index < -0.39 is 0 Å². The van der Waals surface area contributed by atoms with Crippen molar-refractivity contribution in [2.45, 2.75) is 12.8 Å². The molecule has 1 heterocycles. The van der Waals surface area contributed by atoms with Crippen molar-refractivity contribution in [1.82, 2.24) is 0 Å². The summed E-state index contributed by atoms with van der Waals surface area (Å²) in [5.74, 6) is 1.73. The van der Waals surface area contributed by atoms with E-state index in [9.17, 15) is 0 Å². The molecule has 4 nitrogen and oxygen atoms in total. The van der Waals surface area contributed by atoms with Crippen LogP contribution in [0.15, 0.2) is 58.5 Å². The fraction of sp³-hybridized carbons (Fsp3) is 0.300. The molecule has 0 spiro atoms. The second-order valence-corrected chi connectivity index (χ2v) is 10.6. The van der Waals surface area contributed by atoms with Gasteiger partial charge in [-0.05, 0) is 30.7 Å². The van der Waals surface area contributed by atoms with Crippen molar-refractivity contribution in [2.24, 2.45) is 9.98 Å². The van der Waals surface area contributed by atoms with Gasteiger partial charge in [-0.2, -0.15) is 0 Å². The van der Waals surface area contributed by atoms with Crippen LogP contribution >= 0.6 is 28.5 Å². The van der Waals surface area contributed by atoms with Crippen molar-refractivity contribution >= 4 is 40.9 Å². The number of aliphatic imine (C=N–C) groups is 2. The van der Waals surface area contributed by atoms with Gasteiger partial charge in [0.05, 0.1) is 13.2 Å². The van der Waals surface area contributed by atoms with Crippen molar-refractivity contribution in [3.8, 4) is 11.5 Å². The molecule has 0 radical (unpaired) electrons. The van der Waals surface area contributed by atoms with E-state index in [1.807, 2.05) is 61.0 Å².